The molecule has 0 bridgehead atoms. The lowest BCUT2D eigenvalue weighted by molar-refractivity contribution is 0.375. The molecular weight excluding hydrogens is 464 g/mol. The molecule has 0 atom stereocenters. The topological polar surface area (TPSA) is 46.2 Å². The van der Waals surface area contributed by atoms with Crippen molar-refractivity contribution in [3.63, 3.8) is 0 Å². The van der Waals surface area contributed by atoms with Crippen molar-refractivity contribution in [1.82, 2.24) is 0 Å². The van der Waals surface area contributed by atoms with E-state index >= 15 is 0 Å². The van der Waals surface area contributed by atoms with Gasteiger partial charge in [0.1, 0.15) is 23.0 Å². The van der Waals surface area contributed by atoms with Gasteiger partial charge in [-0.2, -0.15) is 0 Å². The van der Waals surface area contributed by atoms with Gasteiger partial charge >= 0.3 is 0 Å². The summed E-state index contributed by atoms with van der Waals surface area (Å²) >= 11 is 0. The molecule has 4 rings (SSSR count). The van der Waals surface area contributed by atoms with Gasteiger partial charge in [0, 0.05) is 6.07 Å². The summed E-state index contributed by atoms with van der Waals surface area (Å²) in [7, 11) is 6.70. The van der Waals surface area contributed by atoms with Gasteiger partial charge in [-0.15, -0.1) is 0 Å². The first-order valence-corrected chi connectivity index (χ1v) is 12.4. The largest absolute Gasteiger partial charge is 0.497 e. The van der Waals surface area contributed by atoms with Crippen LogP contribution < -0.4 is 23.7 Å². The molecule has 0 fully saturated rings. The highest BCUT2D eigenvalue weighted by molar-refractivity contribution is 5.48. The molecule has 0 aliphatic heterocycles. The Bertz CT molecular complexity index is 1300. The smallest absolute Gasteiger partial charge is 0.169 e. The Morgan fingerprint density at radius 3 is 1.70 bits per heavy atom. The van der Waals surface area contributed by atoms with Crippen molar-refractivity contribution in [2.24, 2.45) is 0 Å². The number of methoxy groups -OCH3 is 4. The van der Waals surface area contributed by atoms with E-state index < -0.39 is 0 Å². The van der Waals surface area contributed by atoms with Crippen LogP contribution >= 0.6 is 0 Å². The van der Waals surface area contributed by atoms with Crippen LogP contribution in [-0.2, 0) is 25.7 Å². The third kappa shape index (κ3) is 7.20. The molecule has 5 heteroatoms. The van der Waals surface area contributed by atoms with Crippen molar-refractivity contribution in [3.8, 4) is 34.5 Å². The fourth-order valence-corrected chi connectivity index (χ4v) is 4.23. The first-order chi connectivity index (χ1) is 18.1. The Hall–Kier alpha value is -4.12. The fourth-order valence-electron chi connectivity index (χ4n) is 4.23. The second-order valence-electron chi connectivity index (χ2n) is 8.80. The molecule has 0 aliphatic carbocycles. The molecule has 0 aromatic heterocycles. The molecule has 4 aromatic rings. The first kappa shape index (κ1) is 26.0. The maximum absolute atomic E-state index is 6.35. The van der Waals surface area contributed by atoms with Crippen molar-refractivity contribution in [3.05, 3.63) is 107 Å². The van der Waals surface area contributed by atoms with Crippen molar-refractivity contribution in [1.29, 1.82) is 0 Å². The van der Waals surface area contributed by atoms with Crippen molar-refractivity contribution >= 4 is 0 Å². The van der Waals surface area contributed by atoms with Crippen molar-refractivity contribution in [2.45, 2.75) is 25.7 Å². The standard InChI is InChI=1S/C32H34O5/c1-33-27-15-12-23(13-16-27)8-9-25-14-17-31(36-4)32(21-25)37-30-20-26(19-29(22-30)35-3)11-10-24-6-5-7-28(18-24)34-2/h5-7,12-22H,8-11H2,1-4H3. The van der Waals surface area contributed by atoms with E-state index in [1.165, 1.54) is 16.7 Å². The quantitative estimate of drug-likeness (QED) is 0.209. The van der Waals surface area contributed by atoms with Crippen LogP contribution in [0, 0.1) is 0 Å². The number of hydrogen-bond donors (Lipinski definition) is 0. The van der Waals surface area contributed by atoms with Crippen molar-refractivity contribution in [2.75, 3.05) is 28.4 Å². The van der Waals surface area contributed by atoms with E-state index in [4.69, 9.17) is 23.7 Å². The molecule has 0 spiro atoms. The van der Waals surface area contributed by atoms with Gasteiger partial charge in [0.2, 0.25) is 0 Å². The zero-order valence-corrected chi connectivity index (χ0v) is 22.0. The predicted molar refractivity (Wildman–Crippen MR) is 147 cm³/mol. The average molecular weight is 499 g/mol. The van der Waals surface area contributed by atoms with E-state index in [-0.39, 0.29) is 0 Å². The molecule has 0 radical (unpaired) electrons. The summed E-state index contributed by atoms with van der Waals surface area (Å²) in [6.45, 7) is 0. The minimum Gasteiger partial charge on any atom is -0.497 e. The summed E-state index contributed by atoms with van der Waals surface area (Å²) in [5.74, 6) is 4.57. The zero-order chi connectivity index (χ0) is 26.0. The van der Waals surface area contributed by atoms with E-state index in [9.17, 15) is 0 Å². The minimum absolute atomic E-state index is 0.682. The Morgan fingerprint density at radius 1 is 0.405 bits per heavy atom. The molecule has 192 valence electrons. The highest BCUT2D eigenvalue weighted by Crippen LogP contribution is 2.35. The molecule has 4 aromatic carbocycles. The molecule has 0 unspecified atom stereocenters. The van der Waals surface area contributed by atoms with Crippen molar-refractivity contribution < 1.29 is 23.7 Å². The third-order valence-corrected chi connectivity index (χ3v) is 6.33. The lowest BCUT2D eigenvalue weighted by atomic mass is 10.0. The summed E-state index contributed by atoms with van der Waals surface area (Å²) in [5, 5.41) is 0. The number of rotatable bonds is 12. The minimum atomic E-state index is 0.682. The van der Waals surface area contributed by atoms with Crippen LogP contribution in [0.3, 0.4) is 0 Å². The van der Waals surface area contributed by atoms with E-state index in [1.807, 2.05) is 36.4 Å². The SMILES string of the molecule is COc1ccc(CCc2ccc(OC)c(Oc3cc(CCc4cccc(OC)c4)cc(OC)c3)c2)cc1. The van der Waals surface area contributed by atoms with E-state index in [2.05, 4.69) is 48.5 Å². The van der Waals surface area contributed by atoms with Crippen LogP contribution in [-0.4, -0.2) is 28.4 Å². The van der Waals surface area contributed by atoms with Crippen LogP contribution in [0.1, 0.15) is 22.3 Å². The lowest BCUT2D eigenvalue weighted by Crippen LogP contribution is -1.97. The molecule has 0 heterocycles. The van der Waals surface area contributed by atoms with Crippen LogP contribution in [0.2, 0.25) is 0 Å². The maximum Gasteiger partial charge on any atom is 0.169 e. The van der Waals surface area contributed by atoms with Gasteiger partial charge in [0.05, 0.1) is 28.4 Å². The molecule has 0 amide bonds. The summed E-state index contributed by atoms with van der Waals surface area (Å²) in [6, 6.07) is 28.5. The Morgan fingerprint density at radius 2 is 1.00 bits per heavy atom. The zero-order valence-electron chi connectivity index (χ0n) is 22.0. The second-order valence-corrected chi connectivity index (χ2v) is 8.80. The van der Waals surface area contributed by atoms with E-state index in [0.717, 1.165) is 48.5 Å². The predicted octanol–water partition coefficient (Wildman–Crippen LogP) is 7.08. The van der Waals surface area contributed by atoms with Gasteiger partial charge in [-0.1, -0.05) is 30.3 Å². The molecule has 0 saturated carbocycles. The summed E-state index contributed by atoms with van der Waals surface area (Å²) in [5.41, 5.74) is 4.78. The van der Waals surface area contributed by atoms with E-state index in [1.54, 1.807) is 28.4 Å². The van der Waals surface area contributed by atoms with Crippen LogP contribution in [0.15, 0.2) is 84.9 Å². The van der Waals surface area contributed by atoms with Gasteiger partial charge in [0.15, 0.2) is 11.5 Å². The molecule has 0 N–H and O–H groups in total. The Balaban J connectivity index is 1.49. The number of aryl methyl sites for hydroxylation is 4. The fraction of sp³-hybridized carbons (Fsp3) is 0.250. The number of benzene rings is 4. The number of hydrogen-bond acceptors (Lipinski definition) is 5. The van der Waals surface area contributed by atoms with Gasteiger partial charge < -0.3 is 23.7 Å². The van der Waals surface area contributed by atoms with Gasteiger partial charge in [-0.3, -0.25) is 0 Å². The average Bonchev–Trinajstić information content (AvgIpc) is 2.95. The molecule has 0 aliphatic rings. The monoisotopic (exact) mass is 498 g/mol. The van der Waals surface area contributed by atoms with Gasteiger partial charge in [-0.05, 0) is 96.5 Å². The van der Waals surface area contributed by atoms with Gasteiger partial charge in [0.25, 0.3) is 0 Å². The third-order valence-electron chi connectivity index (χ3n) is 6.33. The summed E-state index contributed by atoms with van der Waals surface area (Å²) in [4.78, 5) is 0. The lowest BCUT2D eigenvalue weighted by Gasteiger charge is -2.14. The highest BCUT2D eigenvalue weighted by atomic mass is 16.5. The van der Waals surface area contributed by atoms with Crippen LogP contribution in [0.5, 0.6) is 34.5 Å². The molecule has 0 saturated heterocycles. The summed E-state index contributed by atoms with van der Waals surface area (Å²) in [6.07, 6.45) is 3.54. The normalized spacial score (nSPS) is 10.6. The highest BCUT2D eigenvalue weighted by Gasteiger charge is 2.11. The van der Waals surface area contributed by atoms with Crippen LogP contribution in [0.4, 0.5) is 0 Å². The Labute approximate surface area is 219 Å². The molecule has 37 heavy (non-hydrogen) atoms. The summed E-state index contributed by atoms with van der Waals surface area (Å²) < 4.78 is 28.1. The Kier molecular flexibility index (Phi) is 8.93. The van der Waals surface area contributed by atoms with Crippen LogP contribution in [0.25, 0.3) is 0 Å². The van der Waals surface area contributed by atoms with Gasteiger partial charge in [-0.25, -0.2) is 0 Å². The number of ether oxygens (including phenoxy) is 5. The second kappa shape index (κ2) is 12.7. The molecule has 5 nitrogen and oxygen atoms in total. The first-order valence-electron chi connectivity index (χ1n) is 12.4. The molecular formula is C32H34O5. The van der Waals surface area contributed by atoms with E-state index in [0.29, 0.717) is 17.2 Å². The maximum atomic E-state index is 6.35.